The fourth-order valence-electron chi connectivity index (χ4n) is 2.84. The Morgan fingerprint density at radius 2 is 1.86 bits per heavy atom. The maximum absolute atomic E-state index is 12.1. The molecule has 1 amide bonds. The molecule has 3 aromatic heterocycles. The molecular formula is C20H23N7O2. The van der Waals surface area contributed by atoms with Gasteiger partial charge in [-0.05, 0) is 24.3 Å². The van der Waals surface area contributed by atoms with Gasteiger partial charge in [0.25, 0.3) is 17.7 Å². The molecule has 29 heavy (non-hydrogen) atoms. The third-order valence-corrected chi connectivity index (χ3v) is 4.43. The molecule has 4 rings (SSSR count). The molecule has 0 spiro atoms. The Labute approximate surface area is 169 Å². The number of aromatic nitrogens is 5. The van der Waals surface area contributed by atoms with Gasteiger partial charge < -0.3 is 19.6 Å². The highest BCUT2D eigenvalue weighted by atomic mass is 16.4. The Balaban J connectivity index is 0.00000171. The first-order valence-electron chi connectivity index (χ1n) is 8.84. The summed E-state index contributed by atoms with van der Waals surface area (Å²) in [5, 5.41) is 8.16. The molecule has 9 heteroatoms. The highest BCUT2D eigenvalue weighted by Crippen LogP contribution is 2.28. The normalized spacial score (nSPS) is 10.9. The molecule has 2 N–H and O–H groups in total. The van der Waals surface area contributed by atoms with Crippen LogP contribution < -0.4 is 5.73 Å². The smallest absolute Gasteiger partial charge is 0.270 e. The van der Waals surface area contributed by atoms with Crippen molar-refractivity contribution in [3.8, 4) is 34.4 Å². The molecule has 1 aromatic carbocycles. The van der Waals surface area contributed by atoms with Crippen molar-refractivity contribution in [2.24, 2.45) is 7.05 Å². The minimum atomic E-state index is -0.0697. The van der Waals surface area contributed by atoms with Gasteiger partial charge in [-0.25, -0.2) is 9.97 Å². The number of anilines is 1. The largest absolute Gasteiger partial charge is 0.413 e. The van der Waals surface area contributed by atoms with E-state index in [9.17, 15) is 4.79 Å². The molecule has 9 nitrogen and oxygen atoms in total. The lowest BCUT2D eigenvalue weighted by molar-refractivity contribution is 0.0827. The Kier molecular flexibility index (Phi) is 4.55. The molecule has 150 valence electrons. The van der Waals surface area contributed by atoms with Crippen LogP contribution in [-0.4, -0.2) is 49.6 Å². The molecule has 0 aliphatic heterocycles. The zero-order valence-electron chi connectivity index (χ0n) is 16.2. The van der Waals surface area contributed by atoms with Crippen LogP contribution in [0.4, 0.5) is 5.82 Å². The minimum absolute atomic E-state index is 0. The highest BCUT2D eigenvalue weighted by Gasteiger charge is 2.18. The summed E-state index contributed by atoms with van der Waals surface area (Å²) in [5.74, 6) is 0.674. The summed E-state index contributed by atoms with van der Waals surface area (Å²) in [4.78, 5) is 22.3. The summed E-state index contributed by atoms with van der Waals surface area (Å²) in [5.41, 5.74) is 9.05. The van der Waals surface area contributed by atoms with E-state index < -0.39 is 0 Å². The van der Waals surface area contributed by atoms with Crippen molar-refractivity contribution in [3.05, 3.63) is 54.4 Å². The molecule has 0 aliphatic rings. The van der Waals surface area contributed by atoms with Gasteiger partial charge in [0.1, 0.15) is 5.69 Å². The van der Waals surface area contributed by atoms with Crippen LogP contribution >= 0.6 is 0 Å². The molecule has 3 heterocycles. The third kappa shape index (κ3) is 3.45. The lowest BCUT2D eigenvalue weighted by Gasteiger charge is -2.10. The number of rotatable bonds is 4. The second-order valence-corrected chi connectivity index (χ2v) is 6.68. The molecule has 4 aromatic rings. The van der Waals surface area contributed by atoms with Crippen molar-refractivity contribution in [2.75, 3.05) is 19.8 Å². The lowest BCUT2D eigenvalue weighted by atomic mass is 10.1. The van der Waals surface area contributed by atoms with Crippen LogP contribution in [0.1, 0.15) is 13.2 Å². The Morgan fingerprint density at radius 1 is 1.14 bits per heavy atom. The summed E-state index contributed by atoms with van der Waals surface area (Å²) in [6.45, 7) is 0. The van der Waals surface area contributed by atoms with E-state index in [1.54, 1.807) is 32.4 Å². The van der Waals surface area contributed by atoms with Gasteiger partial charge in [-0.2, -0.15) is 0 Å². The molecular weight excluding hydrogens is 370 g/mol. The Morgan fingerprint density at radius 3 is 2.52 bits per heavy atom. The number of nitrogen functional groups attached to an aromatic ring is 1. The molecule has 0 saturated heterocycles. The van der Waals surface area contributed by atoms with E-state index in [1.165, 1.54) is 4.90 Å². The Bertz CT molecular complexity index is 1190. The monoisotopic (exact) mass is 393 g/mol. The average molecular weight is 393 g/mol. The number of hydrogen-bond donors (Lipinski definition) is 1. The van der Waals surface area contributed by atoms with E-state index in [0.29, 0.717) is 22.8 Å². The number of nitrogens with zero attached hydrogens (tertiary/aromatic N) is 6. The number of hydrogen-bond acceptors (Lipinski definition) is 7. The number of carbonyl (C=O) groups is 1. The van der Waals surface area contributed by atoms with Crippen molar-refractivity contribution >= 4 is 11.7 Å². The molecule has 0 atom stereocenters. The van der Waals surface area contributed by atoms with Crippen LogP contribution in [0.2, 0.25) is 0 Å². The van der Waals surface area contributed by atoms with Crippen LogP contribution in [0.15, 0.2) is 53.2 Å². The fourth-order valence-corrected chi connectivity index (χ4v) is 2.84. The van der Waals surface area contributed by atoms with Gasteiger partial charge in [-0.15, -0.1) is 10.2 Å². The summed E-state index contributed by atoms with van der Waals surface area (Å²) in [7, 11) is 5.31. The maximum Gasteiger partial charge on any atom is 0.270 e. The highest BCUT2D eigenvalue weighted by molar-refractivity contribution is 5.94. The van der Waals surface area contributed by atoms with E-state index in [4.69, 9.17) is 10.2 Å². The lowest BCUT2D eigenvalue weighted by Crippen LogP contribution is -2.21. The van der Waals surface area contributed by atoms with Gasteiger partial charge >= 0.3 is 0 Å². The molecule has 0 bridgehead atoms. The van der Waals surface area contributed by atoms with Crippen molar-refractivity contribution in [2.45, 2.75) is 0 Å². The quantitative estimate of drug-likeness (QED) is 0.566. The van der Waals surface area contributed by atoms with Gasteiger partial charge in [0.2, 0.25) is 0 Å². The first kappa shape index (κ1) is 18.4. The summed E-state index contributed by atoms with van der Waals surface area (Å²) in [6.07, 6.45) is 3.45. The van der Waals surface area contributed by atoms with E-state index in [0.717, 1.165) is 11.3 Å². The van der Waals surface area contributed by atoms with Crippen molar-refractivity contribution in [1.82, 2.24) is 29.6 Å². The molecule has 0 aliphatic carbocycles. The molecule has 0 unspecified atom stereocenters. The van der Waals surface area contributed by atoms with Gasteiger partial charge in [-0.1, -0.05) is 12.1 Å². The first-order valence-corrected chi connectivity index (χ1v) is 8.84. The van der Waals surface area contributed by atoms with Crippen LogP contribution in [0.25, 0.3) is 34.4 Å². The van der Waals surface area contributed by atoms with Crippen molar-refractivity contribution in [1.29, 1.82) is 0 Å². The van der Waals surface area contributed by atoms with Crippen LogP contribution in [0, 0.1) is 0 Å². The first-order chi connectivity index (χ1) is 13.9. The number of nitrogens with two attached hydrogens (primary N) is 1. The second-order valence-electron chi connectivity index (χ2n) is 6.68. The number of amides is 1. The van der Waals surface area contributed by atoms with Gasteiger partial charge in [0.05, 0.1) is 11.9 Å². The van der Waals surface area contributed by atoms with Crippen LogP contribution in [0.5, 0.6) is 0 Å². The fraction of sp³-hybridized carbons (Fsp3) is 0.150. The number of aryl methyl sites for hydroxylation is 1. The maximum atomic E-state index is 12.1. The zero-order chi connectivity index (χ0) is 20.5. The topological polar surface area (TPSA) is 116 Å². The van der Waals surface area contributed by atoms with Gasteiger partial charge in [0.15, 0.2) is 11.5 Å². The standard InChI is InChI=1S/C20H19N7O2.2H2/c1-26(2)20(28)13-8-6-12(7-9-13)14-11-22-17(21)16(23-14)19-25-24-18(29-19)15-5-4-10-27(15)3;;/h4-11H,1-3H3,(H2,21,22);2*1H. The van der Waals surface area contributed by atoms with E-state index >= 15 is 0 Å². The minimum Gasteiger partial charge on any atom is -0.413 e. The predicted molar refractivity (Wildman–Crippen MR) is 112 cm³/mol. The third-order valence-electron chi connectivity index (χ3n) is 4.43. The van der Waals surface area contributed by atoms with E-state index in [-0.39, 0.29) is 20.5 Å². The second kappa shape index (κ2) is 7.19. The molecule has 0 fully saturated rings. The number of benzene rings is 1. The SMILES string of the molecule is CN(C)C(=O)c1ccc(-c2cnc(N)c(-c3nnc(-c4cccn4C)o3)n2)cc1.[HH].[HH]. The summed E-state index contributed by atoms with van der Waals surface area (Å²) < 4.78 is 7.64. The van der Waals surface area contributed by atoms with Gasteiger partial charge in [0, 0.05) is 41.3 Å². The molecule has 0 saturated carbocycles. The van der Waals surface area contributed by atoms with Crippen LogP contribution in [0.3, 0.4) is 0 Å². The predicted octanol–water partition coefficient (Wildman–Crippen LogP) is 2.98. The average Bonchev–Trinajstić information content (AvgIpc) is 3.36. The van der Waals surface area contributed by atoms with Gasteiger partial charge in [-0.3, -0.25) is 4.79 Å². The zero-order valence-corrected chi connectivity index (χ0v) is 16.2. The summed E-state index contributed by atoms with van der Waals surface area (Å²) >= 11 is 0. The van der Waals surface area contributed by atoms with E-state index in [1.807, 2.05) is 42.1 Å². The van der Waals surface area contributed by atoms with E-state index in [2.05, 4.69) is 20.2 Å². The summed E-state index contributed by atoms with van der Waals surface area (Å²) in [6, 6.07) is 10.9. The molecule has 0 radical (unpaired) electrons. The number of carbonyl (C=O) groups excluding carboxylic acids is 1. The van der Waals surface area contributed by atoms with Crippen LogP contribution in [-0.2, 0) is 7.05 Å². The van der Waals surface area contributed by atoms with Crippen molar-refractivity contribution < 1.29 is 12.1 Å². The van der Waals surface area contributed by atoms with Crippen molar-refractivity contribution in [3.63, 3.8) is 0 Å². The Hall–Kier alpha value is -4.01.